The van der Waals surface area contributed by atoms with E-state index in [2.05, 4.69) is 38.2 Å². The molecule has 0 radical (unpaired) electrons. The summed E-state index contributed by atoms with van der Waals surface area (Å²) in [7, 11) is 0. The second-order valence-corrected chi connectivity index (χ2v) is 8.55. The Hall–Kier alpha value is -2.02. The molecule has 3 N–H and O–H groups in total. The van der Waals surface area contributed by atoms with Crippen LogP contribution >= 0.6 is 11.8 Å². The van der Waals surface area contributed by atoms with Gasteiger partial charge in [-0.2, -0.15) is 0 Å². The van der Waals surface area contributed by atoms with Gasteiger partial charge in [0.25, 0.3) is 0 Å². The summed E-state index contributed by atoms with van der Waals surface area (Å²) in [6, 6.07) is 0. The highest BCUT2D eigenvalue weighted by molar-refractivity contribution is 8.00. The number of nitrogens with one attached hydrogen (secondary N) is 1. The second kappa shape index (κ2) is 15.9. The molecule has 0 unspecified atom stereocenters. The number of carbonyl (C=O) groups is 3. The average Bonchev–Trinajstić information content (AvgIpc) is 2.62. The zero-order chi connectivity index (χ0) is 22.2. The van der Waals surface area contributed by atoms with Gasteiger partial charge in [-0.25, -0.2) is 0 Å². The van der Waals surface area contributed by atoms with Crippen molar-refractivity contribution in [2.24, 2.45) is 0 Å². The largest absolute Gasteiger partial charge is 0.481 e. The van der Waals surface area contributed by atoms with Crippen LogP contribution in [0.3, 0.4) is 0 Å². The van der Waals surface area contributed by atoms with Gasteiger partial charge in [0.15, 0.2) is 0 Å². The lowest BCUT2D eigenvalue weighted by molar-refractivity contribution is -0.139. The smallest absolute Gasteiger partial charge is 0.318 e. The maximum Gasteiger partial charge on any atom is 0.318 e. The molecule has 0 saturated carbocycles. The van der Waals surface area contributed by atoms with E-state index >= 15 is 0 Å². The van der Waals surface area contributed by atoms with Gasteiger partial charge in [0.2, 0.25) is 5.91 Å². The lowest BCUT2D eigenvalue weighted by atomic mass is 10.1. The Morgan fingerprint density at radius 1 is 0.862 bits per heavy atom. The number of carbonyl (C=O) groups excluding carboxylic acids is 1. The fourth-order valence-electron chi connectivity index (χ4n) is 2.38. The molecule has 0 aromatic heterocycles. The molecule has 0 rings (SSSR count). The predicted molar refractivity (Wildman–Crippen MR) is 119 cm³/mol. The fraction of sp³-hybridized carbons (Fsp3) is 0.591. The van der Waals surface area contributed by atoms with Gasteiger partial charge >= 0.3 is 11.9 Å². The van der Waals surface area contributed by atoms with E-state index in [1.54, 1.807) is 0 Å². The molecular weight excluding hydrogens is 390 g/mol. The first-order valence-corrected chi connectivity index (χ1v) is 10.9. The second-order valence-electron chi connectivity index (χ2n) is 7.32. The van der Waals surface area contributed by atoms with E-state index in [0.29, 0.717) is 5.75 Å². The predicted octanol–water partition coefficient (Wildman–Crippen LogP) is 4.57. The number of amides is 1. The summed E-state index contributed by atoms with van der Waals surface area (Å²) in [6.07, 6.45) is 10.2. The number of allylic oxidation sites excluding steroid dienone is 5. The Bertz CT molecular complexity index is 633. The molecule has 0 aliphatic carbocycles. The highest BCUT2D eigenvalue weighted by Gasteiger charge is 2.18. The van der Waals surface area contributed by atoms with E-state index in [4.69, 9.17) is 5.11 Å². The summed E-state index contributed by atoms with van der Waals surface area (Å²) < 4.78 is 0. The van der Waals surface area contributed by atoms with Crippen molar-refractivity contribution in [1.82, 2.24) is 5.32 Å². The van der Waals surface area contributed by atoms with Crippen molar-refractivity contribution in [2.45, 2.75) is 71.5 Å². The standard InChI is InChI=1S/C22H35NO5S/c1-16(2)7-5-8-17(3)9-6-10-18(4)13-14-29-19(22(27)28)15-23-20(24)11-12-21(25)26/h7,9,13,19H,5-6,8,10-12,14-15H2,1-4H3,(H,23,24)(H,25,26)(H,27,28)/b17-9+,18-13+/t19-/m0/s1. The van der Waals surface area contributed by atoms with Crippen LogP contribution in [-0.2, 0) is 14.4 Å². The van der Waals surface area contributed by atoms with Gasteiger partial charge in [-0.1, -0.05) is 34.9 Å². The third-order valence-corrected chi connectivity index (χ3v) is 5.31. The molecule has 0 bridgehead atoms. The quantitative estimate of drug-likeness (QED) is 0.332. The monoisotopic (exact) mass is 425 g/mol. The van der Waals surface area contributed by atoms with Crippen molar-refractivity contribution in [1.29, 1.82) is 0 Å². The minimum absolute atomic E-state index is 0.0149. The van der Waals surface area contributed by atoms with Crippen LogP contribution in [0.5, 0.6) is 0 Å². The maximum absolute atomic E-state index is 11.5. The van der Waals surface area contributed by atoms with Crippen molar-refractivity contribution < 1.29 is 24.6 Å². The van der Waals surface area contributed by atoms with E-state index in [1.807, 2.05) is 13.0 Å². The molecule has 0 fully saturated rings. The molecule has 0 saturated heterocycles. The Labute approximate surface area is 178 Å². The number of aliphatic carboxylic acids is 2. The van der Waals surface area contributed by atoms with E-state index in [1.165, 1.54) is 28.5 Å². The van der Waals surface area contributed by atoms with Crippen molar-refractivity contribution in [3.63, 3.8) is 0 Å². The Morgan fingerprint density at radius 3 is 2.00 bits per heavy atom. The molecule has 0 heterocycles. The van der Waals surface area contributed by atoms with Crippen LogP contribution in [0.1, 0.15) is 66.2 Å². The SMILES string of the molecule is CC(C)=CCC/C(C)=C/CC/C(C)=C/CS[C@@H](CNC(=O)CCC(=O)O)C(=O)O. The molecule has 1 amide bonds. The highest BCUT2D eigenvalue weighted by Crippen LogP contribution is 2.15. The van der Waals surface area contributed by atoms with Crippen molar-refractivity contribution >= 4 is 29.6 Å². The summed E-state index contributed by atoms with van der Waals surface area (Å²) in [6.45, 7) is 8.38. The van der Waals surface area contributed by atoms with Crippen LogP contribution < -0.4 is 5.32 Å². The van der Waals surface area contributed by atoms with Gasteiger partial charge in [-0.15, -0.1) is 11.8 Å². The minimum atomic E-state index is -1.05. The molecule has 0 aromatic rings. The molecule has 0 aliphatic heterocycles. The van der Waals surface area contributed by atoms with Gasteiger partial charge in [-0.3, -0.25) is 14.4 Å². The number of rotatable bonds is 15. The third-order valence-electron chi connectivity index (χ3n) is 4.18. The van der Waals surface area contributed by atoms with Crippen LogP contribution in [0.15, 0.2) is 34.9 Å². The number of thioether (sulfide) groups is 1. The average molecular weight is 426 g/mol. The van der Waals surface area contributed by atoms with Crippen LogP contribution in [0.2, 0.25) is 0 Å². The molecule has 0 aromatic carbocycles. The lowest BCUT2D eigenvalue weighted by Crippen LogP contribution is -2.35. The minimum Gasteiger partial charge on any atom is -0.481 e. The zero-order valence-corrected chi connectivity index (χ0v) is 18.8. The van der Waals surface area contributed by atoms with E-state index < -0.39 is 23.1 Å². The molecule has 164 valence electrons. The summed E-state index contributed by atoms with van der Waals surface area (Å²) in [5.41, 5.74) is 3.93. The first-order chi connectivity index (χ1) is 13.6. The normalized spacial score (nSPS) is 13.0. The van der Waals surface area contributed by atoms with E-state index in [9.17, 15) is 19.5 Å². The van der Waals surface area contributed by atoms with Gasteiger partial charge in [0, 0.05) is 18.7 Å². The van der Waals surface area contributed by atoms with Crippen molar-refractivity contribution in [2.75, 3.05) is 12.3 Å². The van der Waals surface area contributed by atoms with Crippen LogP contribution in [0.4, 0.5) is 0 Å². The molecule has 0 aliphatic rings. The van der Waals surface area contributed by atoms with Gasteiger partial charge in [0.05, 0.1) is 6.42 Å². The van der Waals surface area contributed by atoms with Crippen molar-refractivity contribution in [3.8, 4) is 0 Å². The zero-order valence-electron chi connectivity index (χ0n) is 18.0. The number of carboxylic acid groups (broad SMARTS) is 2. The summed E-state index contributed by atoms with van der Waals surface area (Å²) >= 11 is 1.25. The van der Waals surface area contributed by atoms with Crippen LogP contribution in [0.25, 0.3) is 0 Å². The summed E-state index contributed by atoms with van der Waals surface area (Å²) in [5.74, 6) is -1.94. The number of carboxylic acids is 2. The van der Waals surface area contributed by atoms with E-state index in [-0.39, 0.29) is 19.4 Å². The van der Waals surface area contributed by atoms with Gasteiger partial charge in [-0.05, 0) is 53.4 Å². The van der Waals surface area contributed by atoms with Crippen LogP contribution in [-0.4, -0.2) is 45.6 Å². The maximum atomic E-state index is 11.5. The third kappa shape index (κ3) is 16.6. The molecule has 29 heavy (non-hydrogen) atoms. The Balaban J connectivity index is 4.25. The van der Waals surface area contributed by atoms with Gasteiger partial charge in [0.1, 0.15) is 5.25 Å². The topological polar surface area (TPSA) is 104 Å². The molecular formula is C22H35NO5S. The summed E-state index contributed by atoms with van der Waals surface area (Å²) in [5, 5.41) is 19.6. The van der Waals surface area contributed by atoms with E-state index in [0.717, 1.165) is 25.7 Å². The van der Waals surface area contributed by atoms with Crippen LogP contribution in [0, 0.1) is 0 Å². The first-order valence-electron chi connectivity index (χ1n) is 9.89. The molecule has 0 spiro atoms. The summed E-state index contributed by atoms with van der Waals surface area (Å²) in [4.78, 5) is 33.3. The fourth-order valence-corrected chi connectivity index (χ4v) is 3.34. The van der Waals surface area contributed by atoms with Gasteiger partial charge < -0.3 is 15.5 Å². The lowest BCUT2D eigenvalue weighted by Gasteiger charge is -2.12. The van der Waals surface area contributed by atoms with Crippen molar-refractivity contribution in [3.05, 3.63) is 34.9 Å². The molecule has 7 heteroatoms. The Kier molecular flexibility index (Phi) is 14.7. The molecule has 1 atom stereocenters. The Morgan fingerprint density at radius 2 is 1.45 bits per heavy atom. The highest BCUT2D eigenvalue weighted by atomic mass is 32.2. The number of hydrogen-bond donors (Lipinski definition) is 3. The first kappa shape index (κ1) is 27.0. The number of hydrogen-bond acceptors (Lipinski definition) is 4. The molecule has 6 nitrogen and oxygen atoms in total.